The Bertz CT molecular complexity index is 886. The predicted molar refractivity (Wildman–Crippen MR) is 90.7 cm³/mol. The van der Waals surface area contributed by atoms with Gasteiger partial charge in [-0.2, -0.15) is 0 Å². The zero-order valence-electron chi connectivity index (χ0n) is 13.7. The second kappa shape index (κ2) is 5.56. The number of anilines is 2. The summed E-state index contributed by atoms with van der Waals surface area (Å²) in [6.45, 7) is 4.03. The summed E-state index contributed by atoms with van der Waals surface area (Å²) in [5.74, 6) is 0.129. The molecule has 0 spiro atoms. The molecule has 1 unspecified atom stereocenters. The Morgan fingerprint density at radius 1 is 1.28 bits per heavy atom. The molecule has 0 radical (unpaired) electrons. The van der Waals surface area contributed by atoms with E-state index in [0.717, 1.165) is 0 Å². The fourth-order valence-corrected chi connectivity index (χ4v) is 3.77. The maximum atomic E-state index is 14.6. The van der Waals surface area contributed by atoms with Crippen molar-refractivity contribution >= 4 is 29.0 Å². The largest absolute Gasteiger partial charge is 0.353 e. The third-order valence-electron chi connectivity index (χ3n) is 4.54. The average Bonchev–Trinajstić information content (AvgIpc) is 2.86. The van der Waals surface area contributed by atoms with E-state index in [2.05, 4.69) is 20.9 Å². The van der Waals surface area contributed by atoms with Crippen molar-refractivity contribution in [2.75, 3.05) is 10.6 Å². The summed E-state index contributed by atoms with van der Waals surface area (Å²) in [5.41, 5.74) is 1.15. The van der Waals surface area contributed by atoms with Crippen LogP contribution < -0.4 is 10.6 Å². The summed E-state index contributed by atoms with van der Waals surface area (Å²) >= 11 is 6.26. The van der Waals surface area contributed by atoms with Gasteiger partial charge in [0.25, 0.3) is 0 Å². The van der Waals surface area contributed by atoms with E-state index < -0.39 is 11.9 Å². The molecule has 1 aromatic carbocycles. The van der Waals surface area contributed by atoms with Crippen LogP contribution in [-0.4, -0.2) is 16.1 Å². The first-order valence-electron chi connectivity index (χ1n) is 7.92. The molecule has 1 aromatic heterocycles. The molecule has 2 aliphatic rings. The molecule has 6 nitrogen and oxygen atoms in total. The number of benzene rings is 1. The lowest BCUT2D eigenvalue weighted by molar-refractivity contribution is -0.118. The lowest BCUT2D eigenvalue weighted by atomic mass is 9.73. The Hall–Kier alpha value is -2.41. The molecule has 1 atom stereocenters. The van der Waals surface area contributed by atoms with Crippen molar-refractivity contribution in [1.82, 2.24) is 10.3 Å². The van der Waals surface area contributed by atoms with Crippen LogP contribution in [0.2, 0.25) is 5.02 Å². The van der Waals surface area contributed by atoms with Gasteiger partial charge in [0, 0.05) is 28.3 Å². The highest BCUT2D eigenvalue weighted by Crippen LogP contribution is 2.46. The van der Waals surface area contributed by atoms with E-state index in [9.17, 15) is 9.18 Å². The number of ketones is 1. The van der Waals surface area contributed by atoms with Crippen LogP contribution in [0.25, 0.3) is 0 Å². The monoisotopic (exact) mass is 362 g/mol. The van der Waals surface area contributed by atoms with Gasteiger partial charge in [-0.05, 0) is 34.3 Å². The number of rotatable bonds is 1. The van der Waals surface area contributed by atoms with Crippen molar-refractivity contribution in [3.63, 3.8) is 0 Å². The highest BCUT2D eigenvalue weighted by molar-refractivity contribution is 6.31. The second-order valence-electron chi connectivity index (χ2n) is 7.13. The molecule has 2 heterocycles. The third kappa shape index (κ3) is 2.68. The van der Waals surface area contributed by atoms with E-state index in [1.807, 2.05) is 13.8 Å². The number of halogens is 2. The second-order valence-corrected chi connectivity index (χ2v) is 7.54. The summed E-state index contributed by atoms with van der Waals surface area (Å²) in [5, 5.41) is 14.1. The number of hydrogen-bond acceptors (Lipinski definition) is 6. The van der Waals surface area contributed by atoms with Gasteiger partial charge in [-0.1, -0.05) is 31.5 Å². The summed E-state index contributed by atoms with van der Waals surface area (Å²) in [6.07, 6.45) is 0.984. The van der Waals surface area contributed by atoms with Gasteiger partial charge >= 0.3 is 0 Å². The first kappa shape index (κ1) is 16.1. The summed E-state index contributed by atoms with van der Waals surface area (Å²) < 4.78 is 19.3. The van der Waals surface area contributed by atoms with Crippen LogP contribution in [0.15, 0.2) is 34.1 Å². The van der Waals surface area contributed by atoms with Gasteiger partial charge in [-0.3, -0.25) is 4.79 Å². The zero-order chi connectivity index (χ0) is 17.8. The molecule has 1 aliphatic carbocycles. The molecule has 2 N–H and O–H groups in total. The smallest absolute Gasteiger partial charge is 0.219 e. The van der Waals surface area contributed by atoms with Gasteiger partial charge < -0.3 is 10.6 Å². The predicted octanol–water partition coefficient (Wildman–Crippen LogP) is 4.08. The molecule has 4 rings (SSSR count). The number of aromatic nitrogens is 2. The standard InChI is InChI=1S/C17H16ClFN4O2/c1-17(2)6-10-13(11(24)7-17)14(12-8(18)4-3-5-9(12)19)21-16-15(20-10)22-25-23-16/h3-5,14H,6-7H2,1-2H3,(H,20,22)(H,21,23). The summed E-state index contributed by atoms with van der Waals surface area (Å²) in [6, 6.07) is 3.67. The minimum Gasteiger partial charge on any atom is -0.353 e. The number of fused-ring (bicyclic) bond motifs is 1. The van der Waals surface area contributed by atoms with E-state index in [1.54, 1.807) is 6.07 Å². The molecular formula is C17H16ClFN4O2. The zero-order valence-corrected chi connectivity index (χ0v) is 14.4. The van der Waals surface area contributed by atoms with Gasteiger partial charge in [-0.15, -0.1) is 0 Å². The lowest BCUT2D eigenvalue weighted by Crippen LogP contribution is -2.32. The van der Waals surface area contributed by atoms with Crippen LogP contribution in [0, 0.1) is 11.2 Å². The maximum absolute atomic E-state index is 14.6. The Kier molecular flexibility index (Phi) is 3.57. The molecule has 0 bridgehead atoms. The van der Waals surface area contributed by atoms with Crippen LogP contribution in [0.4, 0.5) is 16.0 Å². The van der Waals surface area contributed by atoms with Crippen molar-refractivity contribution in [3.05, 3.63) is 45.9 Å². The van der Waals surface area contributed by atoms with Crippen LogP contribution in [0.1, 0.15) is 38.3 Å². The molecule has 2 aromatic rings. The molecule has 25 heavy (non-hydrogen) atoms. The molecular weight excluding hydrogens is 347 g/mol. The highest BCUT2D eigenvalue weighted by atomic mass is 35.5. The Labute approximate surface area is 148 Å². The topological polar surface area (TPSA) is 80.1 Å². The normalized spacial score (nSPS) is 21.8. The summed E-state index contributed by atoms with van der Waals surface area (Å²) in [4.78, 5) is 12.9. The first-order chi connectivity index (χ1) is 11.9. The van der Waals surface area contributed by atoms with Crippen molar-refractivity contribution in [2.24, 2.45) is 5.41 Å². The minimum atomic E-state index is -0.770. The fraction of sp³-hybridized carbons (Fsp3) is 0.353. The number of carbonyl (C=O) groups excluding carboxylic acids is 1. The van der Waals surface area contributed by atoms with Gasteiger partial charge in [0.15, 0.2) is 5.78 Å². The summed E-state index contributed by atoms with van der Waals surface area (Å²) in [7, 11) is 0. The number of carbonyl (C=O) groups is 1. The van der Waals surface area contributed by atoms with E-state index in [4.69, 9.17) is 16.2 Å². The Morgan fingerprint density at radius 2 is 2.04 bits per heavy atom. The lowest BCUT2D eigenvalue weighted by Gasteiger charge is -2.34. The fourth-order valence-electron chi connectivity index (χ4n) is 3.50. The number of hydrogen-bond donors (Lipinski definition) is 2. The molecule has 0 saturated carbocycles. The molecule has 0 amide bonds. The number of nitrogens with zero attached hydrogens (tertiary/aromatic N) is 2. The highest BCUT2D eigenvalue weighted by Gasteiger charge is 2.41. The van der Waals surface area contributed by atoms with Crippen LogP contribution in [0.3, 0.4) is 0 Å². The van der Waals surface area contributed by atoms with E-state index in [1.165, 1.54) is 12.1 Å². The van der Waals surface area contributed by atoms with Gasteiger partial charge in [0.1, 0.15) is 5.82 Å². The maximum Gasteiger partial charge on any atom is 0.219 e. The van der Waals surface area contributed by atoms with Crippen molar-refractivity contribution in [2.45, 2.75) is 32.7 Å². The van der Waals surface area contributed by atoms with Gasteiger partial charge in [0.05, 0.1) is 6.04 Å². The van der Waals surface area contributed by atoms with E-state index >= 15 is 0 Å². The third-order valence-corrected chi connectivity index (χ3v) is 4.87. The van der Waals surface area contributed by atoms with E-state index in [0.29, 0.717) is 35.7 Å². The average molecular weight is 363 g/mol. The van der Waals surface area contributed by atoms with Crippen LogP contribution in [-0.2, 0) is 4.79 Å². The van der Waals surface area contributed by atoms with Gasteiger partial charge in [-0.25, -0.2) is 9.02 Å². The molecule has 0 fully saturated rings. The number of allylic oxidation sites excluding steroid dienone is 1. The quantitative estimate of drug-likeness (QED) is 0.795. The van der Waals surface area contributed by atoms with Gasteiger partial charge in [0.2, 0.25) is 11.6 Å². The number of Topliss-reactive ketones (excluding diaryl/α,β-unsaturated/α-hetero) is 1. The molecule has 0 saturated heterocycles. The first-order valence-corrected chi connectivity index (χ1v) is 8.30. The Morgan fingerprint density at radius 3 is 2.80 bits per heavy atom. The molecule has 130 valence electrons. The SMILES string of the molecule is CC1(C)CC(=O)C2=C(C1)Nc1nonc1NC2c1c(F)cccc1Cl. The van der Waals surface area contributed by atoms with E-state index in [-0.39, 0.29) is 21.8 Å². The van der Waals surface area contributed by atoms with Crippen LogP contribution >= 0.6 is 11.6 Å². The molecule has 8 heteroatoms. The van der Waals surface area contributed by atoms with Crippen molar-refractivity contribution < 1.29 is 13.8 Å². The Balaban J connectivity index is 1.94. The van der Waals surface area contributed by atoms with Crippen molar-refractivity contribution in [1.29, 1.82) is 0 Å². The number of nitrogens with one attached hydrogen (secondary N) is 2. The van der Waals surface area contributed by atoms with Crippen molar-refractivity contribution in [3.8, 4) is 0 Å². The van der Waals surface area contributed by atoms with Crippen LogP contribution in [0.5, 0.6) is 0 Å². The molecule has 1 aliphatic heterocycles. The minimum absolute atomic E-state index is 0.0577.